The quantitative estimate of drug-likeness (QED) is 0.222. The molecule has 1 aliphatic heterocycles. The number of morpholine rings is 1. The number of nitrogens with one attached hydrogen (secondary N) is 1. The van der Waals surface area contributed by atoms with Crippen molar-refractivity contribution in [2.45, 2.75) is 39.5 Å². The van der Waals surface area contributed by atoms with E-state index in [2.05, 4.69) is 14.6 Å². The summed E-state index contributed by atoms with van der Waals surface area (Å²) < 4.78 is 39.5. The molecule has 1 atom stereocenters. The maximum absolute atomic E-state index is 12.7. The third-order valence-electron chi connectivity index (χ3n) is 5.24. The van der Waals surface area contributed by atoms with Crippen LogP contribution in [0.4, 0.5) is 9.59 Å². The van der Waals surface area contributed by atoms with Crippen molar-refractivity contribution in [3.8, 4) is 0 Å². The molecule has 1 aliphatic rings. The van der Waals surface area contributed by atoms with Gasteiger partial charge in [-0.3, -0.25) is 4.90 Å². The highest BCUT2D eigenvalue weighted by molar-refractivity contribution is 8.13. The lowest BCUT2D eigenvalue weighted by Gasteiger charge is -2.26. The lowest BCUT2D eigenvalue weighted by atomic mass is 10.3. The zero-order valence-electron chi connectivity index (χ0n) is 20.8. The van der Waals surface area contributed by atoms with Crippen LogP contribution < -0.4 is 17.0 Å². The number of thioether (sulfide) groups is 1. The van der Waals surface area contributed by atoms with Crippen molar-refractivity contribution in [2.24, 2.45) is 0 Å². The molecule has 0 aliphatic carbocycles. The van der Waals surface area contributed by atoms with E-state index in [4.69, 9.17) is 32.2 Å². The maximum Gasteiger partial charge on any atom is 0.519 e. The number of nitrogens with zero attached hydrogens (tertiary/aromatic N) is 1. The Morgan fingerprint density at radius 1 is 0.921 bits per heavy atom. The number of aryl methyl sites for hydroxylation is 2. The first-order chi connectivity index (χ1) is 18.2. The first-order valence-electron chi connectivity index (χ1n) is 11.6. The molecule has 210 valence electrons. The van der Waals surface area contributed by atoms with E-state index in [0.29, 0.717) is 37.9 Å². The van der Waals surface area contributed by atoms with Crippen LogP contribution in [-0.4, -0.2) is 73.5 Å². The van der Waals surface area contributed by atoms with Crippen molar-refractivity contribution in [2.75, 3.05) is 45.2 Å². The summed E-state index contributed by atoms with van der Waals surface area (Å²) in [5.41, 5.74) is 0. The van der Waals surface area contributed by atoms with Crippen LogP contribution in [0.2, 0.25) is 0 Å². The summed E-state index contributed by atoms with van der Waals surface area (Å²) in [6, 6.07) is -1.27. The van der Waals surface area contributed by atoms with E-state index in [1.807, 2.05) is 0 Å². The van der Waals surface area contributed by atoms with Crippen molar-refractivity contribution in [1.82, 2.24) is 10.2 Å². The van der Waals surface area contributed by atoms with Gasteiger partial charge in [0.1, 0.15) is 6.04 Å². The van der Waals surface area contributed by atoms with E-state index >= 15 is 0 Å². The maximum atomic E-state index is 12.7. The van der Waals surface area contributed by atoms with Crippen LogP contribution in [0.5, 0.6) is 0 Å². The Labute approximate surface area is 219 Å². The molecule has 1 saturated heterocycles. The predicted octanol–water partition coefficient (Wildman–Crippen LogP) is 1.33. The first kappa shape index (κ1) is 29.1. The van der Waals surface area contributed by atoms with Gasteiger partial charge in [-0.25, -0.2) is 24.0 Å². The number of amides is 1. The fourth-order valence-electron chi connectivity index (χ4n) is 3.20. The van der Waals surface area contributed by atoms with Crippen LogP contribution in [0.15, 0.2) is 27.3 Å². The molecule has 2 aromatic heterocycles. The monoisotopic (exact) mass is 560 g/mol. The Hall–Kier alpha value is -3.50. The Morgan fingerprint density at radius 3 is 2.11 bits per heavy atom. The molecule has 16 heteroatoms. The molecule has 15 nitrogen and oxygen atoms in total. The van der Waals surface area contributed by atoms with Gasteiger partial charge in [-0.1, -0.05) is 0 Å². The largest absolute Gasteiger partial charge is 0.519 e. The number of esters is 1. The van der Waals surface area contributed by atoms with Crippen molar-refractivity contribution in [3.63, 3.8) is 0 Å². The van der Waals surface area contributed by atoms with Gasteiger partial charge in [0.05, 0.1) is 19.8 Å². The smallest absolute Gasteiger partial charge is 0.464 e. The van der Waals surface area contributed by atoms with Gasteiger partial charge in [0.25, 0.3) is 0 Å². The van der Waals surface area contributed by atoms with E-state index in [1.54, 1.807) is 0 Å². The van der Waals surface area contributed by atoms with Gasteiger partial charge in [-0.05, 0) is 32.0 Å². The standard InChI is InChI=1S/C22H28N2O13S/c1-13-16(36-20(27)34-13)10-32-19(26)23-15(18(25)31-7-3-4-24-5-8-30-9-6-24)12-38-22(29)33-11-17-14(2)35-21(28)37-17/h15H,3-12H2,1-2H3,(H,23,26)/t15-/m0/s1. The number of hydrogen-bond acceptors (Lipinski definition) is 15. The molecule has 2 aromatic rings. The third-order valence-corrected chi connectivity index (χ3v) is 6.09. The molecule has 0 unspecified atom stereocenters. The molecule has 0 spiro atoms. The average Bonchev–Trinajstić information content (AvgIpc) is 3.39. The van der Waals surface area contributed by atoms with Crippen molar-refractivity contribution >= 4 is 29.1 Å². The number of hydrogen-bond donors (Lipinski definition) is 1. The first-order valence-corrected chi connectivity index (χ1v) is 12.6. The van der Waals surface area contributed by atoms with Crippen molar-refractivity contribution in [3.05, 3.63) is 44.3 Å². The normalized spacial score (nSPS) is 14.6. The lowest BCUT2D eigenvalue weighted by molar-refractivity contribution is -0.145. The van der Waals surface area contributed by atoms with Gasteiger partial charge in [0, 0.05) is 25.4 Å². The van der Waals surface area contributed by atoms with Crippen molar-refractivity contribution in [1.29, 1.82) is 0 Å². The fraction of sp³-hybridized carbons (Fsp3) is 0.591. The Morgan fingerprint density at radius 2 is 1.53 bits per heavy atom. The topological polar surface area (TPSA) is 190 Å². The van der Waals surface area contributed by atoms with E-state index in [0.717, 1.165) is 13.1 Å². The van der Waals surface area contributed by atoms with Gasteiger partial charge in [0.15, 0.2) is 36.3 Å². The molecule has 38 heavy (non-hydrogen) atoms. The van der Waals surface area contributed by atoms with E-state index in [-0.39, 0.29) is 42.0 Å². The van der Waals surface area contributed by atoms with Gasteiger partial charge >= 0.3 is 29.0 Å². The van der Waals surface area contributed by atoms with Gasteiger partial charge in [-0.2, -0.15) is 0 Å². The summed E-state index contributed by atoms with van der Waals surface area (Å²) in [7, 11) is 0. The molecule has 1 N–H and O–H groups in total. The minimum Gasteiger partial charge on any atom is -0.464 e. The predicted molar refractivity (Wildman–Crippen MR) is 127 cm³/mol. The van der Waals surface area contributed by atoms with Crippen LogP contribution >= 0.6 is 11.8 Å². The van der Waals surface area contributed by atoms with Crippen LogP contribution in [0.25, 0.3) is 0 Å². The fourth-order valence-corrected chi connectivity index (χ4v) is 3.86. The summed E-state index contributed by atoms with van der Waals surface area (Å²) >= 11 is 0.589. The highest BCUT2D eigenvalue weighted by atomic mass is 32.2. The van der Waals surface area contributed by atoms with Gasteiger partial charge in [-0.15, -0.1) is 0 Å². The number of alkyl carbamates (subject to hydrolysis) is 1. The third kappa shape index (κ3) is 9.42. The van der Waals surface area contributed by atoms with Crippen LogP contribution in [-0.2, 0) is 37.0 Å². The number of carbonyl (C=O) groups is 3. The zero-order chi connectivity index (χ0) is 27.5. The Balaban J connectivity index is 1.49. The van der Waals surface area contributed by atoms with Gasteiger partial charge in [0.2, 0.25) is 0 Å². The summed E-state index contributed by atoms with van der Waals surface area (Å²) in [6.45, 7) is 5.83. The highest BCUT2D eigenvalue weighted by Gasteiger charge is 2.26. The molecule has 3 rings (SSSR count). The highest BCUT2D eigenvalue weighted by Crippen LogP contribution is 2.14. The minimum atomic E-state index is -1.27. The second kappa shape index (κ2) is 14.4. The second-order valence-electron chi connectivity index (χ2n) is 7.96. The van der Waals surface area contributed by atoms with Crippen LogP contribution in [0.1, 0.15) is 29.5 Å². The van der Waals surface area contributed by atoms with E-state index in [9.17, 15) is 24.0 Å². The molecule has 0 bridgehead atoms. The summed E-state index contributed by atoms with van der Waals surface area (Å²) in [5.74, 6) is -2.54. The van der Waals surface area contributed by atoms with Crippen LogP contribution in [0, 0.1) is 13.8 Å². The Bertz CT molecular complexity index is 1190. The SMILES string of the molecule is Cc1oc(=O)oc1COC(=O)N[C@@H](CSC(=O)OCc1oc(=O)oc1C)C(=O)OCCCN1CCOCC1. The molecular weight excluding hydrogens is 532 g/mol. The summed E-state index contributed by atoms with van der Waals surface area (Å²) in [6.07, 6.45) is -0.458. The molecule has 0 radical (unpaired) electrons. The molecule has 3 heterocycles. The zero-order valence-corrected chi connectivity index (χ0v) is 21.6. The average molecular weight is 561 g/mol. The number of rotatable bonds is 12. The van der Waals surface area contributed by atoms with E-state index < -0.39 is 41.7 Å². The van der Waals surface area contributed by atoms with E-state index in [1.165, 1.54) is 13.8 Å². The molecule has 1 fully saturated rings. The molecular formula is C22H28N2O13S. The number of carbonyl (C=O) groups excluding carboxylic acids is 3. The minimum absolute atomic E-state index is 0.00605. The molecule has 0 aromatic carbocycles. The van der Waals surface area contributed by atoms with Gasteiger partial charge < -0.3 is 41.9 Å². The second-order valence-corrected chi connectivity index (χ2v) is 8.92. The van der Waals surface area contributed by atoms with Crippen molar-refractivity contribution < 1.29 is 51.0 Å². The number of ether oxygens (including phenoxy) is 4. The molecule has 0 saturated carbocycles. The Kier molecular flexibility index (Phi) is 11.0. The molecule has 1 amide bonds. The summed E-state index contributed by atoms with van der Waals surface area (Å²) in [4.78, 5) is 61.5. The lowest BCUT2D eigenvalue weighted by Crippen LogP contribution is -2.44. The van der Waals surface area contributed by atoms with Crippen LogP contribution in [0.3, 0.4) is 0 Å². The summed E-state index contributed by atoms with van der Waals surface area (Å²) in [5, 5.41) is 1.53.